The van der Waals surface area contributed by atoms with E-state index in [4.69, 9.17) is 28.0 Å². The third-order valence-corrected chi connectivity index (χ3v) is 8.43. The van der Waals surface area contributed by atoms with Crippen molar-refractivity contribution in [1.82, 2.24) is 20.4 Å². The normalized spacial score (nSPS) is 18.8. The second-order valence-electron chi connectivity index (χ2n) is 12.9. The summed E-state index contributed by atoms with van der Waals surface area (Å²) in [5.74, 6) is 1.74. The van der Waals surface area contributed by atoms with Crippen LogP contribution in [0.3, 0.4) is 0 Å². The molecule has 0 bridgehead atoms. The molecule has 14 nitrogen and oxygen atoms in total. The van der Waals surface area contributed by atoms with Crippen LogP contribution in [-0.2, 0) is 20.9 Å². The third-order valence-electron chi connectivity index (χ3n) is 8.43. The van der Waals surface area contributed by atoms with E-state index in [1.54, 1.807) is 62.4 Å². The Morgan fingerprint density at radius 3 is 1.28 bits per heavy atom. The van der Waals surface area contributed by atoms with Gasteiger partial charge in [-0.1, -0.05) is 46.7 Å². The predicted molar refractivity (Wildman–Crippen MR) is 188 cm³/mol. The molecule has 0 saturated carbocycles. The van der Waals surface area contributed by atoms with E-state index in [0.717, 1.165) is 0 Å². The van der Waals surface area contributed by atoms with Gasteiger partial charge in [-0.05, 0) is 85.6 Å². The van der Waals surface area contributed by atoms with E-state index in [2.05, 4.69) is 40.2 Å². The Hall–Kier alpha value is -7.12. The second-order valence-corrected chi connectivity index (χ2v) is 12.9. The number of hydrogen-bond donors (Lipinski definition) is 0. The van der Waals surface area contributed by atoms with Crippen molar-refractivity contribution in [3.8, 4) is 45.9 Å². The van der Waals surface area contributed by atoms with Crippen LogP contribution in [0.2, 0.25) is 0 Å². The highest BCUT2D eigenvalue weighted by atomic mass is 19.4. The molecule has 0 unspecified atom stereocenters. The number of aromatic nitrogens is 4. The zero-order chi connectivity index (χ0) is 41.0. The summed E-state index contributed by atoms with van der Waals surface area (Å²) < 4.78 is 103. The van der Waals surface area contributed by atoms with Crippen molar-refractivity contribution >= 4 is 11.8 Å². The maximum absolute atomic E-state index is 12.3. The minimum atomic E-state index is -4.74. The van der Waals surface area contributed by atoms with Crippen molar-refractivity contribution in [2.45, 2.75) is 50.6 Å². The number of rotatable bonds is 8. The summed E-state index contributed by atoms with van der Waals surface area (Å²) >= 11 is 0. The van der Waals surface area contributed by atoms with Gasteiger partial charge in [0, 0.05) is 11.1 Å². The first-order chi connectivity index (χ1) is 27.6. The Kier molecular flexibility index (Phi) is 10.7. The van der Waals surface area contributed by atoms with Gasteiger partial charge in [0.05, 0.1) is 12.8 Å². The lowest BCUT2D eigenvalue weighted by Gasteiger charge is -2.21. The molecule has 0 radical (unpaired) electrons. The Morgan fingerprint density at radius 2 is 0.931 bits per heavy atom. The van der Waals surface area contributed by atoms with Crippen LogP contribution < -0.4 is 18.9 Å². The molecule has 2 aromatic heterocycles. The van der Waals surface area contributed by atoms with Crippen molar-refractivity contribution in [2.24, 2.45) is 10.3 Å². The van der Waals surface area contributed by atoms with Crippen LogP contribution in [0, 0.1) is 0 Å². The molecule has 0 fully saturated rings. The fraction of sp³-hybridized carbons (Fsp3) is 0.211. The number of nitrogens with zero attached hydrogens (tertiary/aromatic N) is 6. The van der Waals surface area contributed by atoms with Crippen LogP contribution in [-0.4, -0.2) is 44.9 Å². The first kappa shape index (κ1) is 39.1. The number of oxime groups is 2. The van der Waals surface area contributed by atoms with Crippen LogP contribution in [0.15, 0.2) is 129 Å². The summed E-state index contributed by atoms with van der Waals surface area (Å²) in [5, 5.41) is 22.9. The molecule has 2 aliphatic rings. The van der Waals surface area contributed by atoms with E-state index < -0.39 is 23.9 Å². The first-order valence-electron chi connectivity index (χ1n) is 16.9. The topological polar surface area (TPSA) is 158 Å². The smallest absolute Gasteiger partial charge is 0.440 e. The summed E-state index contributed by atoms with van der Waals surface area (Å²) in [4.78, 5) is 11.0. The Balaban J connectivity index is 0.000000177. The van der Waals surface area contributed by atoms with E-state index in [-0.39, 0.29) is 24.3 Å². The molecule has 4 aromatic carbocycles. The maximum Gasteiger partial charge on any atom is 0.573 e. The largest absolute Gasteiger partial charge is 0.573 e. The fourth-order valence-electron chi connectivity index (χ4n) is 5.70. The Bertz CT molecular complexity index is 2210. The van der Waals surface area contributed by atoms with Gasteiger partial charge in [-0.3, -0.25) is 0 Å². The average Bonchev–Trinajstić information content (AvgIpc) is 4.01. The molecule has 2 atom stereocenters. The quantitative estimate of drug-likeness (QED) is 0.134. The molecule has 0 aliphatic carbocycles. The van der Waals surface area contributed by atoms with E-state index >= 15 is 0 Å². The van der Waals surface area contributed by atoms with Crippen molar-refractivity contribution in [1.29, 1.82) is 0 Å². The van der Waals surface area contributed by atoms with Gasteiger partial charge in [-0.15, -0.1) is 46.7 Å². The highest BCUT2D eigenvalue weighted by Gasteiger charge is 2.39. The highest BCUT2D eigenvalue weighted by molar-refractivity contribution is 5.81. The van der Waals surface area contributed by atoms with E-state index in [1.807, 2.05) is 0 Å². The average molecular weight is 811 g/mol. The number of hydrogen-bond acceptors (Lipinski definition) is 14. The van der Waals surface area contributed by atoms with Crippen molar-refractivity contribution in [3.63, 3.8) is 0 Å². The lowest BCUT2D eigenvalue weighted by molar-refractivity contribution is -0.275. The molecule has 0 amide bonds. The summed E-state index contributed by atoms with van der Waals surface area (Å²) in [6.07, 6.45) is -6.44. The van der Waals surface area contributed by atoms with Gasteiger partial charge in [0.15, 0.2) is 11.2 Å². The minimum Gasteiger partial charge on any atom is -0.440 e. The maximum atomic E-state index is 12.3. The van der Waals surface area contributed by atoms with Gasteiger partial charge in [-0.25, -0.2) is 0 Å². The van der Waals surface area contributed by atoms with E-state index in [9.17, 15) is 26.3 Å². The second kappa shape index (κ2) is 15.8. The number of alkyl halides is 6. The zero-order valence-corrected chi connectivity index (χ0v) is 30.0. The summed E-state index contributed by atoms with van der Waals surface area (Å²) in [5.41, 5.74) is 0.875. The molecule has 4 heterocycles. The fourth-order valence-corrected chi connectivity index (χ4v) is 5.70. The van der Waals surface area contributed by atoms with Gasteiger partial charge < -0.3 is 37.5 Å². The molecular weight excluding hydrogens is 782 g/mol. The molecule has 2 aliphatic heterocycles. The summed E-state index contributed by atoms with van der Waals surface area (Å²) in [6.45, 7) is 3.53. The predicted octanol–water partition coefficient (Wildman–Crippen LogP) is 9.33. The Labute approximate surface area is 323 Å². The zero-order valence-electron chi connectivity index (χ0n) is 30.0. The molecule has 8 rings (SSSR count). The third kappa shape index (κ3) is 9.81. The molecule has 58 heavy (non-hydrogen) atoms. The summed E-state index contributed by atoms with van der Waals surface area (Å²) in [6, 6.07) is 24.9. The van der Waals surface area contributed by atoms with Gasteiger partial charge in [0.2, 0.25) is 36.4 Å². The molecule has 300 valence electrons. The van der Waals surface area contributed by atoms with Crippen LogP contribution >= 0.6 is 0 Å². The number of ether oxygens (including phenoxy) is 4. The molecule has 0 spiro atoms. The van der Waals surface area contributed by atoms with Gasteiger partial charge in [0.25, 0.3) is 0 Å². The van der Waals surface area contributed by atoms with Crippen LogP contribution in [0.5, 0.6) is 23.0 Å². The number of halogens is 6. The SMILES string of the molecule is C[C@@]1(c2ccc(OC(F)(F)F)cc2)CC(Oc2cccc(-c3nnco3)c2)=NO1.C[C@]1(c2ccc(OC(F)(F)F)cc2)CC(Oc2cccc(-c3nnco3)c2)=NO1. The molecular formula is C38H28F6N6O8. The minimum absolute atomic E-state index is 0.289. The Morgan fingerprint density at radius 1 is 0.534 bits per heavy atom. The van der Waals surface area contributed by atoms with Crippen LogP contribution in [0.25, 0.3) is 22.9 Å². The molecule has 20 heteroatoms. The van der Waals surface area contributed by atoms with E-state index in [1.165, 1.54) is 61.3 Å². The number of benzene rings is 4. The molecule has 6 aromatic rings. The van der Waals surface area contributed by atoms with Crippen LogP contribution in [0.1, 0.15) is 37.8 Å². The van der Waals surface area contributed by atoms with E-state index in [0.29, 0.717) is 57.3 Å². The molecule has 0 N–H and O–H groups in total. The van der Waals surface area contributed by atoms with Gasteiger partial charge >= 0.3 is 12.7 Å². The monoisotopic (exact) mass is 810 g/mol. The van der Waals surface area contributed by atoms with Gasteiger partial charge in [0.1, 0.15) is 23.0 Å². The lowest BCUT2D eigenvalue weighted by Crippen LogP contribution is -2.23. The van der Waals surface area contributed by atoms with Crippen molar-refractivity contribution in [2.75, 3.05) is 0 Å². The standard InChI is InChI=1S/2C19H14F3N3O4/c2*1-18(13-5-7-14(8-6-13)28-19(20,21)22)10-16(25-29-18)27-15-4-2-3-12(9-15)17-24-23-11-26-17/h2*2-9,11H,10H2,1H3/t2*18-/m10/s1. The molecule has 0 saturated heterocycles. The lowest BCUT2D eigenvalue weighted by atomic mass is 9.93. The summed E-state index contributed by atoms with van der Waals surface area (Å²) in [7, 11) is 0. The van der Waals surface area contributed by atoms with Crippen molar-refractivity contribution < 1.29 is 63.8 Å². The van der Waals surface area contributed by atoms with Gasteiger partial charge in [-0.2, -0.15) is 0 Å². The van der Waals surface area contributed by atoms with Crippen LogP contribution in [0.4, 0.5) is 26.3 Å². The van der Waals surface area contributed by atoms with Crippen molar-refractivity contribution in [3.05, 3.63) is 121 Å². The first-order valence-corrected chi connectivity index (χ1v) is 16.9. The highest BCUT2D eigenvalue weighted by Crippen LogP contribution is 2.38.